The molecule has 0 aliphatic carbocycles. The molecular formula is C13H10N4O5S. The van der Waals surface area contributed by atoms with Crippen molar-refractivity contribution in [3.63, 3.8) is 0 Å². The maximum absolute atomic E-state index is 11.1. The summed E-state index contributed by atoms with van der Waals surface area (Å²) in [7, 11) is 0. The quantitative estimate of drug-likeness (QED) is 0.661. The molecule has 2 aromatic rings. The van der Waals surface area contributed by atoms with Crippen molar-refractivity contribution in [3.05, 3.63) is 55.1 Å². The lowest BCUT2D eigenvalue weighted by molar-refractivity contribution is -0.422. The molecule has 0 unspecified atom stereocenters. The highest BCUT2D eigenvalue weighted by atomic mass is 32.1. The van der Waals surface area contributed by atoms with Crippen molar-refractivity contribution in [1.29, 1.82) is 0 Å². The number of amides is 1. The fourth-order valence-electron chi connectivity index (χ4n) is 1.78. The first-order valence-electron chi connectivity index (χ1n) is 6.21. The standard InChI is InChI=1S/C13H10N4O5S/c1-8(18)14-13-15-10(7-23-13)6-5-9-3-2-4-11(16(19)20)12(9)17(21)22/h2-7H,1H3,(H,14,15,18). The summed E-state index contributed by atoms with van der Waals surface area (Å²) in [6.45, 7) is 1.35. The second-order valence-electron chi connectivity index (χ2n) is 4.32. The lowest BCUT2D eigenvalue weighted by atomic mass is 10.1. The number of para-hydroxylation sites is 1. The van der Waals surface area contributed by atoms with E-state index in [2.05, 4.69) is 10.3 Å². The highest BCUT2D eigenvalue weighted by molar-refractivity contribution is 7.14. The van der Waals surface area contributed by atoms with Gasteiger partial charge in [0.25, 0.3) is 0 Å². The van der Waals surface area contributed by atoms with Crippen molar-refractivity contribution in [3.8, 4) is 0 Å². The smallest absolute Gasteiger partial charge is 0.302 e. The molecule has 0 spiro atoms. The monoisotopic (exact) mass is 334 g/mol. The van der Waals surface area contributed by atoms with E-state index in [-0.39, 0.29) is 11.5 Å². The minimum absolute atomic E-state index is 0.0956. The first-order chi connectivity index (χ1) is 10.9. The second kappa shape index (κ2) is 6.75. The third kappa shape index (κ3) is 3.95. The third-order valence-electron chi connectivity index (χ3n) is 2.66. The Morgan fingerprint density at radius 3 is 2.61 bits per heavy atom. The van der Waals surface area contributed by atoms with Crippen LogP contribution in [-0.2, 0) is 4.79 Å². The highest BCUT2D eigenvalue weighted by Crippen LogP contribution is 2.31. The summed E-state index contributed by atoms with van der Waals surface area (Å²) in [5.74, 6) is -0.260. The minimum atomic E-state index is -0.798. The van der Waals surface area contributed by atoms with Gasteiger partial charge in [-0.2, -0.15) is 0 Å². The Balaban J connectivity index is 2.34. The van der Waals surface area contributed by atoms with Gasteiger partial charge in [0.2, 0.25) is 5.91 Å². The molecule has 0 saturated heterocycles. The van der Waals surface area contributed by atoms with E-state index in [1.165, 1.54) is 42.5 Å². The fourth-order valence-corrected chi connectivity index (χ4v) is 2.50. The summed E-state index contributed by atoms with van der Waals surface area (Å²) < 4.78 is 0. The molecule has 0 atom stereocenters. The Morgan fingerprint density at radius 1 is 1.26 bits per heavy atom. The number of benzene rings is 1. The lowest BCUT2D eigenvalue weighted by Crippen LogP contribution is -2.04. The minimum Gasteiger partial charge on any atom is -0.302 e. The summed E-state index contributed by atoms with van der Waals surface area (Å²) in [6.07, 6.45) is 2.85. The van der Waals surface area contributed by atoms with E-state index in [1.54, 1.807) is 5.38 Å². The number of hydrogen-bond acceptors (Lipinski definition) is 7. The number of carbonyl (C=O) groups excluding carboxylic acids is 1. The molecule has 2 rings (SSSR count). The highest BCUT2D eigenvalue weighted by Gasteiger charge is 2.26. The third-order valence-corrected chi connectivity index (χ3v) is 3.44. The van der Waals surface area contributed by atoms with E-state index in [4.69, 9.17) is 0 Å². The average molecular weight is 334 g/mol. The molecule has 23 heavy (non-hydrogen) atoms. The van der Waals surface area contributed by atoms with Crippen molar-refractivity contribution in [1.82, 2.24) is 4.98 Å². The van der Waals surface area contributed by atoms with Crippen LogP contribution in [0.15, 0.2) is 23.6 Å². The predicted octanol–water partition coefficient (Wildman–Crippen LogP) is 3.09. The Hall–Kier alpha value is -3.14. The molecule has 1 heterocycles. The van der Waals surface area contributed by atoms with Gasteiger partial charge in [-0.25, -0.2) is 4.98 Å². The molecule has 118 valence electrons. The molecule has 1 amide bonds. The van der Waals surface area contributed by atoms with Gasteiger partial charge < -0.3 is 5.32 Å². The van der Waals surface area contributed by atoms with Crippen LogP contribution < -0.4 is 5.32 Å². The molecule has 0 bridgehead atoms. The maximum Gasteiger partial charge on any atom is 0.353 e. The summed E-state index contributed by atoms with van der Waals surface area (Å²) in [6, 6.07) is 3.85. The fraction of sp³-hybridized carbons (Fsp3) is 0.0769. The normalized spacial score (nSPS) is 10.7. The van der Waals surface area contributed by atoms with Gasteiger partial charge in [0, 0.05) is 18.4 Å². The molecule has 1 N–H and O–H groups in total. The van der Waals surface area contributed by atoms with Crippen LogP contribution in [0.4, 0.5) is 16.5 Å². The number of aromatic nitrogens is 1. The molecule has 0 aliphatic heterocycles. The molecule has 10 heteroatoms. The zero-order chi connectivity index (χ0) is 17.0. The van der Waals surface area contributed by atoms with Gasteiger partial charge in [-0.3, -0.25) is 25.0 Å². The van der Waals surface area contributed by atoms with E-state index in [0.717, 1.165) is 6.07 Å². The molecule has 0 saturated carbocycles. The number of nitrogens with one attached hydrogen (secondary N) is 1. The van der Waals surface area contributed by atoms with Gasteiger partial charge in [-0.15, -0.1) is 11.3 Å². The lowest BCUT2D eigenvalue weighted by Gasteiger charge is -1.98. The zero-order valence-corrected chi connectivity index (χ0v) is 12.6. The largest absolute Gasteiger partial charge is 0.353 e. The van der Waals surface area contributed by atoms with Gasteiger partial charge in [0.05, 0.1) is 21.1 Å². The van der Waals surface area contributed by atoms with E-state index in [1.807, 2.05) is 0 Å². The van der Waals surface area contributed by atoms with Crippen molar-refractivity contribution < 1.29 is 14.6 Å². The summed E-state index contributed by atoms with van der Waals surface area (Å²) in [4.78, 5) is 35.4. The van der Waals surface area contributed by atoms with Crippen molar-refractivity contribution in [2.24, 2.45) is 0 Å². The van der Waals surface area contributed by atoms with Crippen LogP contribution in [0, 0.1) is 20.2 Å². The molecular weight excluding hydrogens is 324 g/mol. The maximum atomic E-state index is 11.1. The van der Waals surface area contributed by atoms with Crippen LogP contribution in [-0.4, -0.2) is 20.7 Å². The summed E-state index contributed by atoms with van der Waals surface area (Å²) in [5, 5.41) is 26.5. The molecule has 1 aromatic heterocycles. The van der Waals surface area contributed by atoms with Gasteiger partial charge in [0.15, 0.2) is 5.13 Å². The first-order valence-corrected chi connectivity index (χ1v) is 7.09. The molecule has 0 radical (unpaired) electrons. The number of nitrogens with zero attached hydrogens (tertiary/aromatic N) is 3. The number of anilines is 1. The van der Waals surface area contributed by atoms with Crippen LogP contribution in [0.3, 0.4) is 0 Å². The Labute approximate surface area is 133 Å². The Morgan fingerprint density at radius 2 is 2.00 bits per heavy atom. The zero-order valence-electron chi connectivity index (χ0n) is 11.8. The summed E-state index contributed by atoms with van der Waals surface area (Å²) in [5.41, 5.74) is -0.585. The van der Waals surface area contributed by atoms with Crippen LogP contribution in [0.5, 0.6) is 0 Å². The van der Waals surface area contributed by atoms with Crippen LogP contribution in [0.1, 0.15) is 18.2 Å². The Kier molecular flexibility index (Phi) is 4.76. The van der Waals surface area contributed by atoms with E-state index in [0.29, 0.717) is 10.8 Å². The first kappa shape index (κ1) is 16.2. The number of hydrogen-bond donors (Lipinski definition) is 1. The van der Waals surface area contributed by atoms with Gasteiger partial charge >= 0.3 is 11.4 Å². The summed E-state index contributed by atoms with van der Waals surface area (Å²) >= 11 is 1.20. The predicted molar refractivity (Wildman–Crippen MR) is 85.1 cm³/mol. The molecule has 0 fully saturated rings. The number of thiazole rings is 1. The Bertz CT molecular complexity index is 814. The molecule has 9 nitrogen and oxygen atoms in total. The van der Waals surface area contributed by atoms with Gasteiger partial charge in [0.1, 0.15) is 0 Å². The van der Waals surface area contributed by atoms with Crippen molar-refractivity contribution >= 4 is 45.9 Å². The SMILES string of the molecule is CC(=O)Nc1nc(C=Cc2cccc([N+](=O)[O-])c2[N+](=O)[O-])cs1. The van der Waals surface area contributed by atoms with E-state index >= 15 is 0 Å². The van der Waals surface area contributed by atoms with Crippen LogP contribution >= 0.6 is 11.3 Å². The van der Waals surface area contributed by atoms with E-state index in [9.17, 15) is 25.0 Å². The topological polar surface area (TPSA) is 128 Å². The molecule has 1 aromatic carbocycles. The average Bonchev–Trinajstić information content (AvgIpc) is 2.91. The van der Waals surface area contributed by atoms with Gasteiger partial charge in [-0.05, 0) is 18.2 Å². The van der Waals surface area contributed by atoms with Crippen molar-refractivity contribution in [2.45, 2.75) is 6.92 Å². The van der Waals surface area contributed by atoms with Crippen LogP contribution in [0.2, 0.25) is 0 Å². The van der Waals surface area contributed by atoms with Crippen molar-refractivity contribution in [2.75, 3.05) is 5.32 Å². The number of nitro benzene ring substituents is 2. The molecule has 0 aliphatic rings. The van der Waals surface area contributed by atoms with E-state index < -0.39 is 21.2 Å². The second-order valence-corrected chi connectivity index (χ2v) is 5.18. The van der Waals surface area contributed by atoms with Crippen LogP contribution in [0.25, 0.3) is 12.2 Å². The number of rotatable bonds is 5. The number of carbonyl (C=O) groups is 1. The van der Waals surface area contributed by atoms with Gasteiger partial charge in [-0.1, -0.05) is 6.07 Å². The number of nitro groups is 2.